The minimum absolute atomic E-state index is 0.0382. The number of aromatic nitrogens is 2. The van der Waals surface area contributed by atoms with Gasteiger partial charge in [-0.05, 0) is 78.9 Å². The Morgan fingerprint density at radius 3 is 1.76 bits per heavy atom. The highest BCUT2D eigenvalue weighted by atomic mass is 16.4. The van der Waals surface area contributed by atoms with E-state index in [0.717, 1.165) is 35.1 Å². The van der Waals surface area contributed by atoms with Gasteiger partial charge in [0.15, 0.2) is 0 Å². The number of nitriles is 2. The van der Waals surface area contributed by atoms with Crippen molar-refractivity contribution in [1.29, 1.82) is 10.5 Å². The van der Waals surface area contributed by atoms with Crippen LogP contribution in [0.4, 0.5) is 11.4 Å². The summed E-state index contributed by atoms with van der Waals surface area (Å²) in [5.41, 5.74) is 5.85. The van der Waals surface area contributed by atoms with Crippen LogP contribution in [0.25, 0.3) is 34.0 Å². The Balaban J connectivity index is 0.000000196. The summed E-state index contributed by atoms with van der Waals surface area (Å²) in [5, 5.41) is 41.7. The zero-order chi connectivity index (χ0) is 41.3. The second-order valence-electron chi connectivity index (χ2n) is 13.4. The molecule has 0 bridgehead atoms. The van der Waals surface area contributed by atoms with Crippen LogP contribution in [0.5, 0.6) is 0 Å². The van der Waals surface area contributed by atoms with E-state index in [2.05, 4.69) is 5.32 Å². The number of amides is 3. The van der Waals surface area contributed by atoms with Gasteiger partial charge in [-0.2, -0.15) is 10.5 Å². The molecule has 1 aliphatic rings. The van der Waals surface area contributed by atoms with E-state index in [-0.39, 0.29) is 24.2 Å². The highest BCUT2D eigenvalue weighted by Gasteiger charge is 2.24. The Kier molecular flexibility index (Phi) is 12.0. The van der Waals surface area contributed by atoms with Gasteiger partial charge >= 0.3 is 11.9 Å². The van der Waals surface area contributed by atoms with Gasteiger partial charge in [-0.3, -0.25) is 24.0 Å². The maximum absolute atomic E-state index is 13.0. The highest BCUT2D eigenvalue weighted by molar-refractivity contribution is 6.23. The standard InChI is InChI=1S/C23H19N3O3.C22H17N3O4/c24-12-17(23(29)25-19-9-8-15-4-3-5-16(15)11-19)10-18-13-26(14-22(27)28)21-7-2-1-6-20(18)21;1-15(26)25(18-7-3-2-4-8-18)22(29)16(12-23)11-17-13-24(14-21(27)28)20-10-6-5-9-19(17)20/h1-2,6-11,13H,3-5,14H2,(H,25,29)(H,27,28);2-11,13H,14H2,1H3,(H,27,28). The number of para-hydroxylation sites is 3. The molecular weight excluding hydrogens is 737 g/mol. The van der Waals surface area contributed by atoms with Crippen molar-refractivity contribution >= 4 is 75.0 Å². The first-order chi connectivity index (χ1) is 28.0. The lowest BCUT2D eigenvalue weighted by atomic mass is 10.1. The van der Waals surface area contributed by atoms with E-state index in [1.807, 2.05) is 54.6 Å². The quantitative estimate of drug-likeness (QED) is 0.0972. The summed E-state index contributed by atoms with van der Waals surface area (Å²) in [4.78, 5) is 60.9. The number of aryl methyl sites for hydroxylation is 2. The second kappa shape index (κ2) is 17.6. The molecule has 13 heteroatoms. The van der Waals surface area contributed by atoms with E-state index in [1.54, 1.807) is 71.6 Å². The first-order valence-corrected chi connectivity index (χ1v) is 18.1. The molecule has 0 aliphatic heterocycles. The van der Waals surface area contributed by atoms with Crippen LogP contribution in [-0.4, -0.2) is 49.0 Å². The predicted octanol–water partition coefficient (Wildman–Crippen LogP) is 6.97. The number of carboxylic acid groups (broad SMARTS) is 2. The van der Waals surface area contributed by atoms with E-state index in [9.17, 15) is 34.5 Å². The second-order valence-corrected chi connectivity index (χ2v) is 13.4. The van der Waals surface area contributed by atoms with E-state index < -0.39 is 29.7 Å². The van der Waals surface area contributed by atoms with Gasteiger partial charge in [-0.1, -0.05) is 60.7 Å². The van der Waals surface area contributed by atoms with Crippen LogP contribution in [0.2, 0.25) is 0 Å². The number of benzene rings is 4. The van der Waals surface area contributed by atoms with E-state index in [4.69, 9.17) is 10.2 Å². The third kappa shape index (κ3) is 8.91. The summed E-state index contributed by atoms with van der Waals surface area (Å²) in [6.45, 7) is 0.796. The van der Waals surface area contributed by atoms with Crippen molar-refractivity contribution in [3.8, 4) is 12.1 Å². The van der Waals surface area contributed by atoms with Crippen LogP contribution in [0, 0.1) is 22.7 Å². The third-order valence-electron chi connectivity index (χ3n) is 9.45. The van der Waals surface area contributed by atoms with Gasteiger partial charge < -0.3 is 24.7 Å². The summed E-state index contributed by atoms with van der Waals surface area (Å²) in [6, 6.07) is 32.4. The SMILES string of the molecule is CC(=O)N(C(=O)C(C#N)=Cc1cn(CC(=O)O)c2ccccc12)c1ccccc1.N#CC(=Cc1cn(CC(=O)O)c2ccccc12)C(=O)Nc1ccc2c(c1)CCC2. The van der Waals surface area contributed by atoms with Crippen LogP contribution < -0.4 is 10.2 Å². The number of rotatable bonds is 10. The number of fused-ring (bicyclic) bond motifs is 3. The maximum Gasteiger partial charge on any atom is 0.323 e. The number of anilines is 2. The molecule has 2 aromatic heterocycles. The van der Waals surface area contributed by atoms with Crippen molar-refractivity contribution in [3.05, 3.63) is 143 Å². The normalized spacial score (nSPS) is 12.1. The van der Waals surface area contributed by atoms with E-state index in [0.29, 0.717) is 33.4 Å². The molecule has 4 aromatic carbocycles. The summed E-state index contributed by atoms with van der Waals surface area (Å²) in [5.74, 6) is -3.72. The molecule has 3 amide bonds. The molecule has 13 nitrogen and oxygen atoms in total. The Morgan fingerprint density at radius 1 is 0.707 bits per heavy atom. The molecule has 1 aliphatic carbocycles. The topological polar surface area (TPSA) is 199 Å². The Labute approximate surface area is 332 Å². The number of hydrogen-bond donors (Lipinski definition) is 3. The van der Waals surface area contributed by atoms with E-state index in [1.165, 1.54) is 34.8 Å². The third-order valence-corrected chi connectivity index (χ3v) is 9.45. The number of imide groups is 1. The molecule has 0 saturated heterocycles. The van der Waals surface area contributed by atoms with Crippen LogP contribution in [0.3, 0.4) is 0 Å². The zero-order valence-electron chi connectivity index (χ0n) is 31.3. The fourth-order valence-corrected chi connectivity index (χ4v) is 6.92. The van der Waals surface area contributed by atoms with Gasteiger partial charge in [0.25, 0.3) is 11.8 Å². The van der Waals surface area contributed by atoms with Crippen molar-refractivity contribution in [3.63, 3.8) is 0 Å². The summed E-state index contributed by atoms with van der Waals surface area (Å²) < 4.78 is 3.12. The molecule has 3 N–H and O–H groups in total. The molecule has 7 rings (SSSR count). The van der Waals surface area contributed by atoms with Crippen LogP contribution in [0.15, 0.2) is 121 Å². The number of nitrogens with one attached hydrogen (secondary N) is 1. The molecule has 2 heterocycles. The Morgan fingerprint density at radius 2 is 1.22 bits per heavy atom. The average Bonchev–Trinajstić information content (AvgIpc) is 3.91. The van der Waals surface area contributed by atoms with Gasteiger partial charge in [0.1, 0.15) is 36.4 Å². The lowest BCUT2D eigenvalue weighted by molar-refractivity contribution is -0.138. The van der Waals surface area contributed by atoms with E-state index >= 15 is 0 Å². The first kappa shape index (κ1) is 39.7. The number of carbonyl (C=O) groups excluding carboxylic acids is 3. The Bertz CT molecular complexity index is 2740. The highest BCUT2D eigenvalue weighted by Crippen LogP contribution is 2.28. The molecule has 0 atom stereocenters. The number of aliphatic carboxylic acids is 2. The van der Waals surface area contributed by atoms with Crippen molar-refractivity contribution in [2.45, 2.75) is 39.3 Å². The van der Waals surface area contributed by atoms with Crippen molar-refractivity contribution in [2.75, 3.05) is 10.2 Å². The molecule has 0 fully saturated rings. The molecular formula is C45H36N6O7. The van der Waals surface area contributed by atoms with Crippen molar-refractivity contribution in [1.82, 2.24) is 9.13 Å². The fraction of sp³-hybridized carbons (Fsp3) is 0.133. The molecule has 0 radical (unpaired) electrons. The van der Waals surface area contributed by atoms with Gasteiger partial charge in [-0.25, -0.2) is 4.90 Å². The number of carbonyl (C=O) groups is 5. The average molecular weight is 773 g/mol. The van der Waals surface area contributed by atoms with Crippen LogP contribution >= 0.6 is 0 Å². The Hall–Kier alpha value is -8.03. The van der Waals surface area contributed by atoms with Gasteiger partial charge in [0.05, 0.1) is 5.69 Å². The largest absolute Gasteiger partial charge is 0.480 e. The zero-order valence-corrected chi connectivity index (χ0v) is 31.3. The smallest absolute Gasteiger partial charge is 0.323 e. The molecule has 0 spiro atoms. The molecule has 0 unspecified atom stereocenters. The van der Waals surface area contributed by atoms with Crippen LogP contribution in [-0.2, 0) is 49.9 Å². The van der Waals surface area contributed by atoms with Crippen molar-refractivity contribution < 1.29 is 34.2 Å². The first-order valence-electron chi connectivity index (χ1n) is 18.1. The number of hydrogen-bond acceptors (Lipinski definition) is 7. The number of carboxylic acids is 2. The van der Waals surface area contributed by atoms with Crippen molar-refractivity contribution in [2.24, 2.45) is 0 Å². The molecule has 0 saturated carbocycles. The number of nitrogens with zero attached hydrogens (tertiary/aromatic N) is 5. The lowest BCUT2D eigenvalue weighted by Crippen LogP contribution is -2.36. The minimum Gasteiger partial charge on any atom is -0.480 e. The fourth-order valence-electron chi connectivity index (χ4n) is 6.92. The monoisotopic (exact) mass is 772 g/mol. The van der Waals surface area contributed by atoms with Gasteiger partial charge in [0.2, 0.25) is 5.91 Å². The maximum atomic E-state index is 13.0. The van der Waals surface area contributed by atoms with Gasteiger partial charge in [0, 0.05) is 57.9 Å². The molecule has 58 heavy (non-hydrogen) atoms. The molecule has 288 valence electrons. The lowest BCUT2D eigenvalue weighted by Gasteiger charge is -2.18. The van der Waals surface area contributed by atoms with Gasteiger partial charge in [-0.15, -0.1) is 0 Å². The summed E-state index contributed by atoms with van der Waals surface area (Å²) in [7, 11) is 0. The predicted molar refractivity (Wildman–Crippen MR) is 218 cm³/mol. The summed E-state index contributed by atoms with van der Waals surface area (Å²) in [6.07, 6.45) is 9.29. The molecule has 6 aromatic rings. The summed E-state index contributed by atoms with van der Waals surface area (Å²) >= 11 is 0. The minimum atomic E-state index is -1.01. The van der Waals surface area contributed by atoms with Crippen LogP contribution in [0.1, 0.15) is 35.6 Å².